The van der Waals surface area contributed by atoms with E-state index in [2.05, 4.69) is 17.2 Å². The number of ether oxygens (including phenoxy) is 2. The number of aromatic nitrogens is 1. The van der Waals surface area contributed by atoms with Gasteiger partial charge in [-0.05, 0) is 25.0 Å². The standard InChI is InChI=1S/C21H30N2O5/c1-3-16-6-4-5-7-20(16)27-9-8-22-11-18(26)14-28-21-15(2)23-10-17(12-24)19(21)13-25/h4-7,10,18,22,24-26H,3,8-9,11-14H2,1-2H3. The van der Waals surface area contributed by atoms with Crippen LogP contribution in [0.2, 0.25) is 0 Å². The predicted octanol–water partition coefficient (Wildman–Crippen LogP) is 1.35. The van der Waals surface area contributed by atoms with E-state index in [-0.39, 0.29) is 19.8 Å². The Morgan fingerprint density at radius 1 is 1.11 bits per heavy atom. The van der Waals surface area contributed by atoms with Crippen LogP contribution in [0.1, 0.15) is 29.3 Å². The summed E-state index contributed by atoms with van der Waals surface area (Å²) in [5, 5.41) is 32.2. The van der Waals surface area contributed by atoms with E-state index < -0.39 is 6.10 Å². The number of para-hydroxylation sites is 1. The molecule has 0 spiro atoms. The lowest BCUT2D eigenvalue weighted by Crippen LogP contribution is -2.34. The number of benzene rings is 1. The van der Waals surface area contributed by atoms with Crippen LogP contribution in [0.15, 0.2) is 30.5 Å². The minimum absolute atomic E-state index is 0.0525. The lowest BCUT2D eigenvalue weighted by Gasteiger charge is -2.18. The molecule has 0 aliphatic heterocycles. The number of nitrogens with one attached hydrogen (secondary N) is 1. The average Bonchev–Trinajstić information content (AvgIpc) is 2.72. The molecule has 0 fully saturated rings. The zero-order valence-electron chi connectivity index (χ0n) is 16.5. The molecule has 154 valence electrons. The molecule has 1 atom stereocenters. The van der Waals surface area contributed by atoms with Crippen LogP contribution in [0, 0.1) is 6.92 Å². The van der Waals surface area contributed by atoms with E-state index in [0.29, 0.717) is 42.3 Å². The van der Waals surface area contributed by atoms with Crippen LogP contribution in [-0.4, -0.2) is 52.7 Å². The van der Waals surface area contributed by atoms with Crippen LogP contribution in [0.5, 0.6) is 11.5 Å². The Balaban J connectivity index is 1.74. The molecule has 1 aromatic carbocycles. The Morgan fingerprint density at radius 3 is 2.61 bits per heavy atom. The average molecular weight is 390 g/mol. The Kier molecular flexibility index (Phi) is 9.16. The molecule has 4 N–H and O–H groups in total. The lowest BCUT2D eigenvalue weighted by molar-refractivity contribution is 0.103. The van der Waals surface area contributed by atoms with Crippen LogP contribution >= 0.6 is 0 Å². The predicted molar refractivity (Wildman–Crippen MR) is 107 cm³/mol. The molecule has 28 heavy (non-hydrogen) atoms. The normalized spacial score (nSPS) is 12.0. The fourth-order valence-corrected chi connectivity index (χ4v) is 2.85. The first-order chi connectivity index (χ1) is 13.6. The van der Waals surface area contributed by atoms with Crippen molar-refractivity contribution in [2.24, 2.45) is 0 Å². The molecule has 0 saturated heterocycles. The number of rotatable bonds is 12. The van der Waals surface area contributed by atoms with Gasteiger partial charge in [-0.2, -0.15) is 0 Å². The highest BCUT2D eigenvalue weighted by molar-refractivity contribution is 5.41. The van der Waals surface area contributed by atoms with E-state index in [1.54, 1.807) is 6.92 Å². The number of hydrogen-bond donors (Lipinski definition) is 4. The van der Waals surface area contributed by atoms with Crippen molar-refractivity contribution in [2.45, 2.75) is 39.6 Å². The molecule has 1 unspecified atom stereocenters. The van der Waals surface area contributed by atoms with E-state index in [0.717, 1.165) is 12.2 Å². The van der Waals surface area contributed by atoms with Gasteiger partial charge < -0.3 is 30.1 Å². The Labute approximate surface area is 166 Å². The van der Waals surface area contributed by atoms with Crippen LogP contribution in [0.4, 0.5) is 0 Å². The van der Waals surface area contributed by atoms with Gasteiger partial charge in [0.05, 0.1) is 18.9 Å². The summed E-state index contributed by atoms with van der Waals surface area (Å²) in [6.07, 6.45) is 1.70. The quantitative estimate of drug-likeness (QED) is 0.406. The first kappa shape index (κ1) is 22.1. The van der Waals surface area contributed by atoms with Gasteiger partial charge in [-0.1, -0.05) is 25.1 Å². The molecule has 0 aliphatic rings. The summed E-state index contributed by atoms with van der Waals surface area (Å²) in [6.45, 7) is 4.84. The zero-order valence-corrected chi connectivity index (χ0v) is 16.5. The summed E-state index contributed by atoms with van der Waals surface area (Å²) in [7, 11) is 0. The van der Waals surface area contributed by atoms with Crippen molar-refractivity contribution in [1.29, 1.82) is 0 Å². The molecular formula is C21H30N2O5. The third-order valence-corrected chi connectivity index (χ3v) is 4.42. The van der Waals surface area contributed by atoms with Crippen molar-refractivity contribution < 1.29 is 24.8 Å². The fraction of sp³-hybridized carbons (Fsp3) is 0.476. The molecule has 2 rings (SSSR count). The van der Waals surface area contributed by atoms with Gasteiger partial charge in [-0.25, -0.2) is 0 Å². The molecule has 2 aromatic rings. The maximum absolute atomic E-state index is 10.1. The van der Waals surface area contributed by atoms with Crippen LogP contribution < -0.4 is 14.8 Å². The van der Waals surface area contributed by atoms with E-state index in [4.69, 9.17) is 9.47 Å². The van der Waals surface area contributed by atoms with Crippen LogP contribution in [-0.2, 0) is 19.6 Å². The van der Waals surface area contributed by atoms with Crippen LogP contribution in [0.3, 0.4) is 0 Å². The van der Waals surface area contributed by atoms with Gasteiger partial charge in [0.1, 0.15) is 30.8 Å². The number of aliphatic hydroxyl groups is 3. The molecule has 0 saturated carbocycles. The lowest BCUT2D eigenvalue weighted by atomic mass is 10.1. The monoisotopic (exact) mass is 390 g/mol. The highest BCUT2D eigenvalue weighted by Crippen LogP contribution is 2.25. The largest absolute Gasteiger partial charge is 0.492 e. The topological polar surface area (TPSA) is 104 Å². The fourth-order valence-electron chi connectivity index (χ4n) is 2.85. The molecule has 0 amide bonds. The summed E-state index contributed by atoms with van der Waals surface area (Å²) in [4.78, 5) is 4.16. The third-order valence-electron chi connectivity index (χ3n) is 4.42. The molecule has 0 aliphatic carbocycles. The second kappa shape index (κ2) is 11.6. The highest BCUT2D eigenvalue weighted by atomic mass is 16.5. The van der Waals surface area contributed by atoms with Gasteiger partial charge in [0.25, 0.3) is 0 Å². The Bertz CT molecular complexity index is 739. The van der Waals surface area contributed by atoms with E-state index in [9.17, 15) is 15.3 Å². The molecule has 0 radical (unpaired) electrons. The molecule has 1 heterocycles. The van der Waals surface area contributed by atoms with E-state index in [1.807, 2.05) is 24.3 Å². The number of aryl methyl sites for hydroxylation is 2. The molecule has 0 bridgehead atoms. The molecule has 7 nitrogen and oxygen atoms in total. The van der Waals surface area contributed by atoms with E-state index >= 15 is 0 Å². The summed E-state index contributed by atoms with van der Waals surface area (Å²) in [5.41, 5.74) is 2.78. The minimum Gasteiger partial charge on any atom is -0.492 e. The van der Waals surface area contributed by atoms with Crippen LogP contribution in [0.25, 0.3) is 0 Å². The molecule has 7 heteroatoms. The van der Waals surface area contributed by atoms with Crippen molar-refractivity contribution in [1.82, 2.24) is 10.3 Å². The summed E-state index contributed by atoms with van der Waals surface area (Å²) in [5.74, 6) is 1.30. The number of aliphatic hydroxyl groups excluding tert-OH is 3. The van der Waals surface area contributed by atoms with Gasteiger partial charge in [-0.15, -0.1) is 0 Å². The van der Waals surface area contributed by atoms with E-state index in [1.165, 1.54) is 11.8 Å². The minimum atomic E-state index is -0.730. The van der Waals surface area contributed by atoms with Crippen molar-refractivity contribution in [2.75, 3.05) is 26.3 Å². The zero-order chi connectivity index (χ0) is 20.4. The van der Waals surface area contributed by atoms with Gasteiger partial charge in [0.2, 0.25) is 0 Å². The summed E-state index contributed by atoms with van der Waals surface area (Å²) >= 11 is 0. The van der Waals surface area contributed by atoms with Crippen molar-refractivity contribution in [3.63, 3.8) is 0 Å². The highest BCUT2D eigenvalue weighted by Gasteiger charge is 2.14. The van der Waals surface area contributed by atoms with Crippen molar-refractivity contribution >= 4 is 0 Å². The van der Waals surface area contributed by atoms with Gasteiger partial charge in [0, 0.05) is 30.4 Å². The third kappa shape index (κ3) is 6.17. The second-order valence-corrected chi connectivity index (χ2v) is 6.47. The maximum atomic E-state index is 10.1. The Morgan fingerprint density at radius 2 is 1.89 bits per heavy atom. The number of nitrogens with zero attached hydrogens (tertiary/aromatic N) is 1. The van der Waals surface area contributed by atoms with Gasteiger partial charge in [-0.3, -0.25) is 4.98 Å². The maximum Gasteiger partial charge on any atom is 0.146 e. The molecular weight excluding hydrogens is 360 g/mol. The first-order valence-electron chi connectivity index (χ1n) is 9.52. The summed E-state index contributed by atoms with van der Waals surface area (Å²) in [6, 6.07) is 7.95. The number of hydrogen-bond acceptors (Lipinski definition) is 7. The van der Waals surface area contributed by atoms with Gasteiger partial charge >= 0.3 is 0 Å². The number of pyridine rings is 1. The van der Waals surface area contributed by atoms with Gasteiger partial charge in [0.15, 0.2) is 0 Å². The summed E-state index contributed by atoms with van der Waals surface area (Å²) < 4.78 is 11.4. The van der Waals surface area contributed by atoms with Crippen molar-refractivity contribution in [3.8, 4) is 11.5 Å². The second-order valence-electron chi connectivity index (χ2n) is 6.47. The SMILES string of the molecule is CCc1ccccc1OCCNCC(O)COc1c(C)ncc(CO)c1CO. The first-order valence-corrected chi connectivity index (χ1v) is 9.52. The molecule has 1 aromatic heterocycles. The smallest absolute Gasteiger partial charge is 0.146 e. The van der Waals surface area contributed by atoms with Crippen molar-refractivity contribution in [3.05, 3.63) is 52.8 Å². The Hall–Kier alpha value is -2.19.